The summed E-state index contributed by atoms with van der Waals surface area (Å²) in [6.45, 7) is 0.228. The summed E-state index contributed by atoms with van der Waals surface area (Å²) in [5, 5.41) is 5.83. The van der Waals surface area contributed by atoms with Crippen molar-refractivity contribution in [3.05, 3.63) is 16.7 Å². The maximum absolute atomic E-state index is 11.4. The van der Waals surface area contributed by atoms with Crippen molar-refractivity contribution in [1.82, 2.24) is 10.3 Å². The van der Waals surface area contributed by atoms with E-state index in [2.05, 4.69) is 31.5 Å². The Bertz CT molecular complexity index is 406. The van der Waals surface area contributed by atoms with Crippen molar-refractivity contribution in [1.29, 1.82) is 0 Å². The fraction of sp³-hybridized carbons (Fsp3) is 0.400. The lowest BCUT2D eigenvalue weighted by molar-refractivity contribution is -0.119. The summed E-state index contributed by atoms with van der Waals surface area (Å²) in [6, 6.07) is 2.13. The standard InChI is InChI=1S/C10H13BrN4O/c11-8-3-6(12)4-13-10(8)14-5-9(16)15-7-1-2-7/h3-4,7H,1-2,5,12H2,(H,13,14)(H,15,16). The predicted molar refractivity (Wildman–Crippen MR) is 66.0 cm³/mol. The van der Waals surface area contributed by atoms with Crippen molar-refractivity contribution in [3.8, 4) is 0 Å². The summed E-state index contributed by atoms with van der Waals surface area (Å²) < 4.78 is 0.756. The molecule has 1 heterocycles. The lowest BCUT2D eigenvalue weighted by Gasteiger charge is -2.08. The van der Waals surface area contributed by atoms with Gasteiger partial charge in [0.05, 0.1) is 22.9 Å². The third kappa shape index (κ3) is 3.10. The molecule has 0 saturated heterocycles. The van der Waals surface area contributed by atoms with Crippen LogP contribution in [-0.4, -0.2) is 23.5 Å². The van der Waals surface area contributed by atoms with Gasteiger partial charge in [-0.2, -0.15) is 0 Å². The highest BCUT2D eigenvalue weighted by molar-refractivity contribution is 9.10. The summed E-state index contributed by atoms with van der Waals surface area (Å²) in [7, 11) is 0. The number of amides is 1. The number of carbonyl (C=O) groups excluding carboxylic acids is 1. The van der Waals surface area contributed by atoms with Crippen molar-refractivity contribution in [3.63, 3.8) is 0 Å². The summed E-state index contributed by atoms with van der Waals surface area (Å²) >= 11 is 3.32. The highest BCUT2D eigenvalue weighted by atomic mass is 79.9. The van der Waals surface area contributed by atoms with Crippen LogP contribution in [0.25, 0.3) is 0 Å². The molecule has 0 bridgehead atoms. The zero-order valence-corrected chi connectivity index (χ0v) is 10.3. The molecular weight excluding hydrogens is 272 g/mol. The van der Waals surface area contributed by atoms with Crippen LogP contribution in [0.3, 0.4) is 0 Å². The minimum absolute atomic E-state index is 0.00646. The second-order valence-electron chi connectivity index (χ2n) is 3.79. The SMILES string of the molecule is Nc1cnc(NCC(=O)NC2CC2)c(Br)c1. The van der Waals surface area contributed by atoms with Gasteiger partial charge in [-0.3, -0.25) is 4.79 Å². The van der Waals surface area contributed by atoms with Crippen molar-refractivity contribution in [2.45, 2.75) is 18.9 Å². The van der Waals surface area contributed by atoms with Gasteiger partial charge in [0.1, 0.15) is 5.82 Å². The second kappa shape index (κ2) is 4.69. The van der Waals surface area contributed by atoms with Crippen LogP contribution in [0, 0.1) is 0 Å². The quantitative estimate of drug-likeness (QED) is 0.774. The largest absolute Gasteiger partial charge is 0.397 e. The summed E-state index contributed by atoms with van der Waals surface area (Å²) in [4.78, 5) is 15.5. The van der Waals surface area contributed by atoms with Crippen molar-refractivity contribution in [2.24, 2.45) is 0 Å². The molecule has 1 saturated carbocycles. The Morgan fingerprint density at radius 2 is 2.38 bits per heavy atom. The molecule has 6 heteroatoms. The Balaban J connectivity index is 1.85. The van der Waals surface area contributed by atoms with E-state index in [1.165, 1.54) is 0 Å². The Labute approximate surface area is 102 Å². The van der Waals surface area contributed by atoms with E-state index in [1.54, 1.807) is 12.3 Å². The molecule has 5 nitrogen and oxygen atoms in total. The Hall–Kier alpha value is -1.30. The second-order valence-corrected chi connectivity index (χ2v) is 4.65. The van der Waals surface area contributed by atoms with E-state index in [0.29, 0.717) is 17.5 Å². The van der Waals surface area contributed by atoms with Gasteiger partial charge in [-0.15, -0.1) is 0 Å². The van der Waals surface area contributed by atoms with Gasteiger partial charge in [0.25, 0.3) is 0 Å². The maximum Gasteiger partial charge on any atom is 0.239 e. The first-order valence-corrected chi connectivity index (χ1v) is 5.88. The van der Waals surface area contributed by atoms with Crippen molar-refractivity contribution < 1.29 is 4.79 Å². The molecule has 0 spiro atoms. The van der Waals surface area contributed by atoms with E-state index < -0.39 is 0 Å². The number of aromatic nitrogens is 1. The maximum atomic E-state index is 11.4. The van der Waals surface area contributed by atoms with Crippen LogP contribution in [0.4, 0.5) is 11.5 Å². The zero-order chi connectivity index (χ0) is 11.5. The van der Waals surface area contributed by atoms with Crippen molar-refractivity contribution >= 4 is 33.3 Å². The lowest BCUT2D eigenvalue weighted by Crippen LogP contribution is -2.31. The number of carbonyl (C=O) groups is 1. The van der Waals surface area contributed by atoms with Gasteiger partial charge in [0.15, 0.2) is 0 Å². The first kappa shape index (κ1) is 11.2. The van der Waals surface area contributed by atoms with Gasteiger partial charge in [-0.1, -0.05) is 0 Å². The molecule has 1 amide bonds. The van der Waals surface area contributed by atoms with Gasteiger partial charge in [0, 0.05) is 6.04 Å². The van der Waals surface area contributed by atoms with E-state index >= 15 is 0 Å². The molecule has 1 fully saturated rings. The van der Waals surface area contributed by atoms with Crippen LogP contribution in [0.15, 0.2) is 16.7 Å². The molecule has 86 valence electrons. The molecule has 4 N–H and O–H groups in total. The molecule has 1 aliphatic rings. The number of nitrogens with zero attached hydrogens (tertiary/aromatic N) is 1. The molecule has 1 aliphatic carbocycles. The number of hydrogen-bond donors (Lipinski definition) is 3. The van der Waals surface area contributed by atoms with Crippen LogP contribution < -0.4 is 16.4 Å². The van der Waals surface area contributed by atoms with Crippen LogP contribution in [0.5, 0.6) is 0 Å². The van der Waals surface area contributed by atoms with Crippen molar-refractivity contribution in [2.75, 3.05) is 17.6 Å². The van der Waals surface area contributed by atoms with Crippen LogP contribution in [-0.2, 0) is 4.79 Å². The van der Waals surface area contributed by atoms with E-state index in [1.807, 2.05) is 0 Å². The molecule has 0 atom stereocenters. The third-order valence-corrected chi connectivity index (χ3v) is 2.83. The molecular formula is C10H13BrN4O. The topological polar surface area (TPSA) is 80.0 Å². The smallest absolute Gasteiger partial charge is 0.239 e. The highest BCUT2D eigenvalue weighted by Gasteiger charge is 2.22. The van der Waals surface area contributed by atoms with E-state index in [9.17, 15) is 4.79 Å². The summed E-state index contributed by atoms with van der Waals surface area (Å²) in [6.07, 6.45) is 3.73. The molecule has 1 aromatic heterocycles. The summed E-state index contributed by atoms with van der Waals surface area (Å²) in [5.41, 5.74) is 6.14. The first-order chi connectivity index (χ1) is 7.65. The van der Waals surface area contributed by atoms with Crippen LogP contribution in [0.1, 0.15) is 12.8 Å². The molecule has 0 radical (unpaired) electrons. The monoisotopic (exact) mass is 284 g/mol. The van der Waals surface area contributed by atoms with Crippen LogP contribution in [0.2, 0.25) is 0 Å². The molecule has 0 unspecified atom stereocenters. The third-order valence-electron chi connectivity index (χ3n) is 2.22. The molecule has 2 rings (SSSR count). The van der Waals surface area contributed by atoms with Gasteiger partial charge >= 0.3 is 0 Å². The van der Waals surface area contributed by atoms with Gasteiger partial charge < -0.3 is 16.4 Å². The Kier molecular flexibility index (Phi) is 3.28. The van der Waals surface area contributed by atoms with E-state index in [4.69, 9.17) is 5.73 Å². The van der Waals surface area contributed by atoms with Crippen LogP contribution >= 0.6 is 15.9 Å². The predicted octanol–water partition coefficient (Wildman–Crippen LogP) is 1.12. The van der Waals surface area contributed by atoms with E-state index in [-0.39, 0.29) is 12.5 Å². The minimum Gasteiger partial charge on any atom is -0.397 e. The minimum atomic E-state index is -0.00646. The number of pyridine rings is 1. The van der Waals surface area contributed by atoms with Gasteiger partial charge in [0.2, 0.25) is 5.91 Å². The number of halogens is 1. The fourth-order valence-electron chi connectivity index (χ4n) is 1.25. The number of nitrogen functional groups attached to an aromatic ring is 1. The van der Waals surface area contributed by atoms with Gasteiger partial charge in [-0.25, -0.2) is 4.98 Å². The number of nitrogens with one attached hydrogen (secondary N) is 2. The number of hydrogen-bond acceptors (Lipinski definition) is 4. The molecule has 0 aliphatic heterocycles. The average molecular weight is 285 g/mol. The Morgan fingerprint density at radius 3 is 3.00 bits per heavy atom. The zero-order valence-electron chi connectivity index (χ0n) is 8.66. The first-order valence-electron chi connectivity index (χ1n) is 5.09. The highest BCUT2D eigenvalue weighted by Crippen LogP contribution is 2.21. The fourth-order valence-corrected chi connectivity index (χ4v) is 1.76. The number of anilines is 2. The van der Waals surface area contributed by atoms with Gasteiger partial charge in [-0.05, 0) is 34.8 Å². The Morgan fingerprint density at radius 1 is 1.62 bits per heavy atom. The molecule has 16 heavy (non-hydrogen) atoms. The normalized spacial score (nSPS) is 14.6. The summed E-state index contributed by atoms with van der Waals surface area (Å²) in [5.74, 6) is 0.619. The van der Waals surface area contributed by atoms with E-state index in [0.717, 1.165) is 17.3 Å². The average Bonchev–Trinajstić information content (AvgIpc) is 3.00. The number of rotatable bonds is 4. The number of nitrogens with two attached hydrogens (primary N) is 1. The molecule has 0 aromatic carbocycles. The molecule has 1 aromatic rings. The lowest BCUT2D eigenvalue weighted by atomic mass is 10.4.